The number of nitrogens with one attached hydrogen (secondary N) is 1. The fourth-order valence-electron chi connectivity index (χ4n) is 6.49. The van der Waals surface area contributed by atoms with E-state index in [-0.39, 0.29) is 30.2 Å². The molecule has 2 N–H and O–H groups in total. The molecule has 13 nitrogen and oxygen atoms in total. The average molecular weight is 738 g/mol. The van der Waals surface area contributed by atoms with Gasteiger partial charge in [-0.05, 0) is 50.6 Å². The predicted molar refractivity (Wildman–Crippen MR) is 189 cm³/mol. The van der Waals surface area contributed by atoms with E-state index in [1.165, 1.54) is 38.0 Å². The number of anilines is 1. The standard InChI is InChI=1S/C35H48ClN3O10S/c1-19-10-9-11-26(46-8)35(44)18-25(47-33(43)37-35)20(2)31-34(4,49-31)27(48-32(42)21(3)38(5)28(40)12-13-50)17-29(41)39(6)23-15-22(14-19)16-24(45-7)30(23)36/h9-11,15-16,20-21,25-27,31,44,50H,12-14,17-18H2,1-8H3,(H,37,43)/b11-9+,19-10+/t20-,21?,25?,26-,27+,31?,34?,35+/m1/s1. The van der Waals surface area contributed by atoms with E-state index in [0.29, 0.717) is 23.6 Å². The number of benzene rings is 1. The molecule has 4 rings (SSSR count). The number of methoxy groups -OCH3 is 2. The highest BCUT2D eigenvalue weighted by molar-refractivity contribution is 7.80. The van der Waals surface area contributed by atoms with Crippen molar-refractivity contribution in [3.8, 4) is 5.75 Å². The first-order chi connectivity index (χ1) is 23.5. The van der Waals surface area contributed by atoms with Crippen LogP contribution in [-0.2, 0) is 39.8 Å². The second-order valence-corrected chi connectivity index (χ2v) is 14.2. The Hall–Kier alpha value is -3.30. The molecule has 0 spiro atoms. The normalized spacial score (nSPS) is 32.3. The Bertz CT molecular complexity index is 1540. The van der Waals surface area contributed by atoms with Crippen molar-refractivity contribution in [2.24, 2.45) is 5.92 Å². The van der Waals surface area contributed by atoms with Gasteiger partial charge in [-0.15, -0.1) is 0 Å². The van der Waals surface area contributed by atoms with Crippen molar-refractivity contribution in [1.82, 2.24) is 10.2 Å². The molecule has 3 aliphatic heterocycles. The topological polar surface area (TPSA) is 156 Å². The van der Waals surface area contributed by atoms with Gasteiger partial charge in [-0.25, -0.2) is 9.59 Å². The quantitative estimate of drug-likeness (QED) is 0.214. The molecule has 1 aromatic carbocycles. The number of alkyl carbamates (subject to hydrolysis) is 1. The van der Waals surface area contributed by atoms with Gasteiger partial charge in [0.1, 0.15) is 40.7 Å². The maximum Gasteiger partial charge on any atom is 0.409 e. The lowest BCUT2D eigenvalue weighted by Gasteiger charge is -2.42. The summed E-state index contributed by atoms with van der Waals surface area (Å²) in [6, 6.07) is 2.60. The summed E-state index contributed by atoms with van der Waals surface area (Å²) in [5.41, 5.74) is -0.903. The van der Waals surface area contributed by atoms with Crippen LogP contribution in [-0.4, -0.2) is 110 Å². The van der Waals surface area contributed by atoms with Crippen molar-refractivity contribution in [3.05, 3.63) is 46.5 Å². The van der Waals surface area contributed by atoms with E-state index in [1.807, 2.05) is 13.0 Å². The van der Waals surface area contributed by atoms with Crippen LogP contribution >= 0.6 is 24.2 Å². The summed E-state index contributed by atoms with van der Waals surface area (Å²) >= 11 is 10.8. The van der Waals surface area contributed by atoms with Crippen molar-refractivity contribution >= 4 is 53.8 Å². The molecule has 0 aromatic heterocycles. The molecule has 3 aliphatic rings. The monoisotopic (exact) mass is 737 g/mol. The number of esters is 1. The number of carbonyl (C=O) groups excluding carboxylic acids is 4. The maximum absolute atomic E-state index is 14.0. The summed E-state index contributed by atoms with van der Waals surface area (Å²) in [4.78, 5) is 55.6. The Kier molecular flexibility index (Phi) is 12.6. The van der Waals surface area contributed by atoms with Gasteiger partial charge < -0.3 is 38.6 Å². The number of fused-ring (bicyclic) bond motifs is 5. The van der Waals surface area contributed by atoms with Gasteiger partial charge in [0.05, 0.1) is 25.3 Å². The molecule has 2 fully saturated rings. The van der Waals surface area contributed by atoms with Gasteiger partial charge in [-0.1, -0.05) is 42.3 Å². The van der Waals surface area contributed by atoms with E-state index in [4.69, 9.17) is 35.3 Å². The minimum atomic E-state index is -1.82. The van der Waals surface area contributed by atoms with Crippen LogP contribution in [0.4, 0.5) is 10.5 Å². The number of likely N-dealkylation sites (N-methyl/N-ethyl adjacent to an activating group) is 1. The number of aliphatic hydroxyl groups is 1. The molecular formula is C35H48ClN3O10S. The zero-order valence-electron chi connectivity index (χ0n) is 29.7. The van der Waals surface area contributed by atoms with Gasteiger partial charge in [0.2, 0.25) is 11.8 Å². The third-order valence-corrected chi connectivity index (χ3v) is 10.5. The van der Waals surface area contributed by atoms with E-state index in [2.05, 4.69) is 17.9 Å². The van der Waals surface area contributed by atoms with Crippen molar-refractivity contribution in [1.29, 1.82) is 0 Å². The number of ether oxygens (including phenoxy) is 5. The van der Waals surface area contributed by atoms with E-state index in [0.717, 1.165) is 11.1 Å². The van der Waals surface area contributed by atoms with E-state index in [9.17, 15) is 24.3 Å². The molecule has 15 heteroatoms. The molecule has 8 atom stereocenters. The number of nitrogens with zero attached hydrogens (tertiary/aromatic N) is 2. The smallest absolute Gasteiger partial charge is 0.409 e. The van der Waals surface area contributed by atoms with Gasteiger partial charge in [-0.2, -0.15) is 12.6 Å². The third kappa shape index (κ3) is 8.42. The third-order valence-electron chi connectivity index (χ3n) is 9.85. The van der Waals surface area contributed by atoms with Gasteiger partial charge >= 0.3 is 12.1 Å². The minimum absolute atomic E-state index is 0.0489. The van der Waals surface area contributed by atoms with Crippen molar-refractivity contribution in [2.45, 2.75) is 95.2 Å². The van der Waals surface area contributed by atoms with Crippen molar-refractivity contribution in [3.63, 3.8) is 0 Å². The SMILES string of the molecule is COc1cc2cc(c1Cl)N(C)C(=O)C[C@H](OC(=O)C(C)N(C)C(=O)CCS)C1(C)OC1[C@H](C)C1C[C@@](O)(NC(=O)O1)[C@H](OC)/C=C/C=C(\C)C2. The number of hydrogen-bond acceptors (Lipinski definition) is 11. The molecule has 3 amide bonds. The van der Waals surface area contributed by atoms with Gasteiger partial charge in [0, 0.05) is 40.0 Å². The lowest BCUT2D eigenvalue weighted by molar-refractivity contribution is -0.161. The lowest BCUT2D eigenvalue weighted by atomic mass is 9.83. The first kappa shape index (κ1) is 39.5. The summed E-state index contributed by atoms with van der Waals surface area (Å²) in [5, 5.41) is 14.4. The Morgan fingerprint density at radius 3 is 2.62 bits per heavy atom. The van der Waals surface area contributed by atoms with Crippen LogP contribution < -0.4 is 15.0 Å². The van der Waals surface area contributed by atoms with E-state index >= 15 is 0 Å². The number of halogens is 1. The summed E-state index contributed by atoms with van der Waals surface area (Å²) in [6.07, 6.45) is 1.08. The molecule has 3 heterocycles. The van der Waals surface area contributed by atoms with Crippen LogP contribution in [0.2, 0.25) is 5.02 Å². The molecule has 0 aliphatic carbocycles. The van der Waals surface area contributed by atoms with Crippen LogP contribution in [0.3, 0.4) is 0 Å². The molecule has 0 radical (unpaired) electrons. The average Bonchev–Trinajstić information content (AvgIpc) is 3.76. The summed E-state index contributed by atoms with van der Waals surface area (Å²) in [5.74, 6) is -1.30. The number of carbonyl (C=O) groups is 4. The lowest BCUT2D eigenvalue weighted by Crippen LogP contribution is -2.63. The number of hydrogen-bond donors (Lipinski definition) is 3. The first-order valence-electron chi connectivity index (χ1n) is 16.4. The van der Waals surface area contributed by atoms with Crippen LogP contribution in [0.25, 0.3) is 0 Å². The highest BCUT2D eigenvalue weighted by atomic mass is 35.5. The van der Waals surface area contributed by atoms with E-state index in [1.54, 1.807) is 45.2 Å². The molecule has 2 saturated heterocycles. The predicted octanol–water partition coefficient (Wildman–Crippen LogP) is 3.83. The fourth-order valence-corrected chi connectivity index (χ4v) is 6.99. The van der Waals surface area contributed by atoms with Crippen molar-refractivity contribution in [2.75, 3.05) is 39.0 Å². The van der Waals surface area contributed by atoms with Gasteiger partial charge in [0.25, 0.3) is 0 Å². The van der Waals surface area contributed by atoms with Crippen LogP contribution in [0.15, 0.2) is 35.9 Å². The summed E-state index contributed by atoms with van der Waals surface area (Å²) in [6.45, 7) is 6.96. The Morgan fingerprint density at radius 2 is 1.98 bits per heavy atom. The second-order valence-electron chi connectivity index (χ2n) is 13.4. The first-order valence-corrected chi connectivity index (χ1v) is 17.5. The highest BCUT2D eigenvalue weighted by Gasteiger charge is 2.64. The Balaban J connectivity index is 1.78. The molecule has 4 bridgehead atoms. The van der Waals surface area contributed by atoms with Crippen molar-refractivity contribution < 1.29 is 48.0 Å². The van der Waals surface area contributed by atoms with Gasteiger partial charge in [0.15, 0.2) is 5.72 Å². The zero-order valence-corrected chi connectivity index (χ0v) is 31.4. The molecule has 1 aromatic rings. The molecule has 276 valence electrons. The fraction of sp³-hybridized carbons (Fsp3) is 0.600. The number of rotatable bonds is 7. The maximum atomic E-state index is 14.0. The van der Waals surface area contributed by atoms with Crippen LogP contribution in [0.1, 0.15) is 52.5 Å². The minimum Gasteiger partial charge on any atom is -0.495 e. The summed E-state index contributed by atoms with van der Waals surface area (Å²) < 4.78 is 29.0. The molecule has 4 unspecified atom stereocenters. The van der Waals surface area contributed by atoms with Crippen LogP contribution in [0, 0.1) is 5.92 Å². The molecular weight excluding hydrogens is 690 g/mol. The second kappa shape index (κ2) is 15.9. The van der Waals surface area contributed by atoms with Gasteiger partial charge in [-0.3, -0.25) is 14.9 Å². The van der Waals surface area contributed by atoms with E-state index < -0.39 is 65.7 Å². The number of thiol groups is 1. The Morgan fingerprint density at radius 1 is 1.28 bits per heavy atom. The van der Waals surface area contributed by atoms with Crippen LogP contribution in [0.5, 0.6) is 5.75 Å². The largest absolute Gasteiger partial charge is 0.495 e. The Labute approximate surface area is 303 Å². The summed E-state index contributed by atoms with van der Waals surface area (Å²) in [7, 11) is 5.98. The highest BCUT2D eigenvalue weighted by Crippen LogP contribution is 2.49. The zero-order chi connectivity index (χ0) is 37.1. The molecule has 50 heavy (non-hydrogen) atoms. The number of allylic oxidation sites excluding steroid dienone is 3. The number of amides is 3. The number of epoxide rings is 1. The molecule has 0 saturated carbocycles.